The molecule has 0 radical (unpaired) electrons. The van der Waals surface area contributed by atoms with E-state index in [2.05, 4.69) is 5.10 Å². The van der Waals surface area contributed by atoms with Crippen molar-refractivity contribution in [1.29, 1.82) is 15.8 Å². The van der Waals surface area contributed by atoms with Crippen LogP contribution in [0.1, 0.15) is 11.3 Å². The van der Waals surface area contributed by atoms with Crippen molar-refractivity contribution < 1.29 is 0 Å². The Hall–Kier alpha value is -3.36. The standard InChI is InChI=1S/C14H7N5/c15-7-11(8-16)6-12-10-19(18-14(12)9-17)13-4-2-1-3-5-13/h1-6,10H. The van der Waals surface area contributed by atoms with E-state index in [9.17, 15) is 0 Å². The zero-order valence-corrected chi connectivity index (χ0v) is 9.78. The van der Waals surface area contributed by atoms with Crippen LogP contribution >= 0.6 is 0 Å². The summed E-state index contributed by atoms with van der Waals surface area (Å²) >= 11 is 0. The van der Waals surface area contributed by atoms with Gasteiger partial charge in [0.25, 0.3) is 0 Å². The average Bonchev–Trinajstić information content (AvgIpc) is 2.88. The SMILES string of the molecule is N#CC(C#N)=Cc1cn(-c2ccccc2)nc1C#N. The number of rotatable bonds is 2. The molecule has 19 heavy (non-hydrogen) atoms. The second-order valence-corrected chi connectivity index (χ2v) is 3.61. The summed E-state index contributed by atoms with van der Waals surface area (Å²) in [6, 6.07) is 14.7. The van der Waals surface area contributed by atoms with Crippen molar-refractivity contribution in [3.63, 3.8) is 0 Å². The Morgan fingerprint density at radius 2 is 1.79 bits per heavy atom. The Kier molecular flexibility index (Phi) is 3.39. The van der Waals surface area contributed by atoms with E-state index in [1.807, 2.05) is 36.4 Å². The number of hydrogen-bond donors (Lipinski definition) is 0. The fourth-order valence-corrected chi connectivity index (χ4v) is 1.54. The van der Waals surface area contributed by atoms with Crippen LogP contribution in [0.15, 0.2) is 42.1 Å². The van der Waals surface area contributed by atoms with Gasteiger partial charge in [-0.3, -0.25) is 0 Å². The van der Waals surface area contributed by atoms with Gasteiger partial charge in [-0.25, -0.2) is 4.68 Å². The summed E-state index contributed by atoms with van der Waals surface area (Å²) in [6.45, 7) is 0. The van der Waals surface area contributed by atoms with Gasteiger partial charge in [-0.05, 0) is 18.2 Å². The monoisotopic (exact) mass is 245 g/mol. The Labute approximate surface area is 109 Å². The van der Waals surface area contributed by atoms with Crippen LogP contribution in [0.5, 0.6) is 0 Å². The minimum absolute atomic E-state index is 0.0656. The first-order chi connectivity index (χ1) is 9.28. The molecule has 88 valence electrons. The van der Waals surface area contributed by atoms with Crippen molar-refractivity contribution in [3.8, 4) is 23.9 Å². The first-order valence-corrected chi connectivity index (χ1v) is 5.35. The van der Waals surface area contributed by atoms with Gasteiger partial charge in [0.1, 0.15) is 23.8 Å². The Morgan fingerprint density at radius 1 is 1.11 bits per heavy atom. The highest BCUT2D eigenvalue weighted by Gasteiger charge is 2.08. The number of para-hydroxylation sites is 1. The summed E-state index contributed by atoms with van der Waals surface area (Å²) in [4.78, 5) is 0. The van der Waals surface area contributed by atoms with E-state index in [-0.39, 0.29) is 11.3 Å². The van der Waals surface area contributed by atoms with Crippen molar-refractivity contribution in [2.24, 2.45) is 0 Å². The maximum absolute atomic E-state index is 9.02. The quantitative estimate of drug-likeness (QED) is 0.758. The summed E-state index contributed by atoms with van der Waals surface area (Å²) in [7, 11) is 0. The molecule has 1 heterocycles. The van der Waals surface area contributed by atoms with Gasteiger partial charge in [-0.1, -0.05) is 18.2 Å². The molecule has 0 aliphatic heterocycles. The zero-order chi connectivity index (χ0) is 13.7. The third kappa shape index (κ3) is 2.49. The Balaban J connectivity index is 2.52. The van der Waals surface area contributed by atoms with Gasteiger partial charge >= 0.3 is 0 Å². The molecule has 0 spiro atoms. The summed E-state index contributed by atoms with van der Waals surface area (Å²) in [5.74, 6) is 0. The van der Waals surface area contributed by atoms with E-state index in [4.69, 9.17) is 15.8 Å². The van der Waals surface area contributed by atoms with Crippen molar-refractivity contribution in [2.75, 3.05) is 0 Å². The van der Waals surface area contributed by atoms with Crippen LogP contribution in [0.2, 0.25) is 0 Å². The lowest BCUT2D eigenvalue weighted by Gasteiger charge is -1.98. The molecule has 0 amide bonds. The third-order valence-corrected chi connectivity index (χ3v) is 2.41. The predicted molar refractivity (Wildman–Crippen MR) is 67.5 cm³/mol. The van der Waals surface area contributed by atoms with Gasteiger partial charge in [-0.15, -0.1) is 0 Å². The molecule has 2 aromatic rings. The molecule has 0 N–H and O–H groups in total. The van der Waals surface area contributed by atoms with E-state index in [0.29, 0.717) is 5.56 Å². The van der Waals surface area contributed by atoms with Gasteiger partial charge in [0, 0.05) is 11.8 Å². The first kappa shape index (κ1) is 12.1. The highest BCUT2D eigenvalue weighted by molar-refractivity contribution is 5.65. The lowest BCUT2D eigenvalue weighted by molar-refractivity contribution is 0.873. The van der Waals surface area contributed by atoms with Crippen LogP contribution < -0.4 is 0 Å². The van der Waals surface area contributed by atoms with E-state index < -0.39 is 0 Å². The zero-order valence-electron chi connectivity index (χ0n) is 9.78. The van der Waals surface area contributed by atoms with Crippen LogP contribution in [0, 0.1) is 34.0 Å². The predicted octanol–water partition coefficient (Wildman–Crippen LogP) is 2.17. The van der Waals surface area contributed by atoms with Crippen molar-refractivity contribution in [1.82, 2.24) is 9.78 Å². The molecule has 0 fully saturated rings. The lowest BCUT2D eigenvalue weighted by atomic mass is 10.2. The lowest BCUT2D eigenvalue weighted by Crippen LogP contribution is -1.93. The number of aromatic nitrogens is 2. The summed E-state index contributed by atoms with van der Waals surface area (Å²) in [6.07, 6.45) is 2.97. The summed E-state index contributed by atoms with van der Waals surface area (Å²) in [5, 5.41) is 30.6. The minimum Gasteiger partial charge on any atom is -0.239 e. The molecule has 0 bridgehead atoms. The van der Waals surface area contributed by atoms with Crippen LogP contribution in [0.25, 0.3) is 11.8 Å². The molecule has 5 nitrogen and oxygen atoms in total. The molecule has 5 heteroatoms. The molecule has 0 atom stereocenters. The molecule has 0 saturated heterocycles. The molecule has 0 saturated carbocycles. The normalized spacial score (nSPS) is 8.89. The second-order valence-electron chi connectivity index (χ2n) is 3.61. The molecule has 0 aliphatic carbocycles. The van der Waals surface area contributed by atoms with Gasteiger partial charge < -0.3 is 0 Å². The molecule has 2 rings (SSSR count). The minimum atomic E-state index is -0.0656. The number of nitrogens with zero attached hydrogens (tertiary/aromatic N) is 5. The van der Waals surface area contributed by atoms with Crippen LogP contribution in [0.4, 0.5) is 0 Å². The van der Waals surface area contributed by atoms with E-state index in [1.165, 1.54) is 10.8 Å². The smallest absolute Gasteiger partial charge is 0.170 e. The van der Waals surface area contributed by atoms with E-state index >= 15 is 0 Å². The van der Waals surface area contributed by atoms with Gasteiger partial charge in [-0.2, -0.15) is 20.9 Å². The molecule has 0 aliphatic rings. The van der Waals surface area contributed by atoms with Crippen LogP contribution in [0.3, 0.4) is 0 Å². The fraction of sp³-hybridized carbons (Fsp3) is 0. The van der Waals surface area contributed by atoms with Crippen LogP contribution in [-0.4, -0.2) is 9.78 Å². The Morgan fingerprint density at radius 3 is 2.37 bits per heavy atom. The molecular formula is C14H7N5. The van der Waals surface area contributed by atoms with E-state index in [0.717, 1.165) is 5.69 Å². The largest absolute Gasteiger partial charge is 0.239 e. The highest BCUT2D eigenvalue weighted by atomic mass is 15.3. The molecule has 1 aromatic carbocycles. The maximum Gasteiger partial charge on any atom is 0.170 e. The van der Waals surface area contributed by atoms with Crippen molar-refractivity contribution >= 4 is 6.08 Å². The molecular weight excluding hydrogens is 238 g/mol. The first-order valence-electron chi connectivity index (χ1n) is 5.35. The third-order valence-electron chi connectivity index (χ3n) is 2.41. The number of benzene rings is 1. The van der Waals surface area contributed by atoms with Gasteiger partial charge in [0.15, 0.2) is 5.69 Å². The fourth-order valence-electron chi connectivity index (χ4n) is 1.54. The number of allylic oxidation sites excluding steroid dienone is 1. The number of nitriles is 3. The summed E-state index contributed by atoms with van der Waals surface area (Å²) in [5.41, 5.74) is 1.36. The number of hydrogen-bond acceptors (Lipinski definition) is 4. The van der Waals surface area contributed by atoms with Crippen LogP contribution in [-0.2, 0) is 0 Å². The van der Waals surface area contributed by atoms with Crippen molar-refractivity contribution in [2.45, 2.75) is 0 Å². The van der Waals surface area contributed by atoms with Crippen molar-refractivity contribution in [3.05, 3.63) is 53.4 Å². The second kappa shape index (κ2) is 5.31. The highest BCUT2D eigenvalue weighted by Crippen LogP contribution is 2.14. The van der Waals surface area contributed by atoms with E-state index in [1.54, 1.807) is 18.3 Å². The summed E-state index contributed by atoms with van der Waals surface area (Å²) < 4.78 is 1.54. The average molecular weight is 245 g/mol. The molecule has 0 unspecified atom stereocenters. The maximum atomic E-state index is 9.02. The molecule has 1 aromatic heterocycles. The van der Waals surface area contributed by atoms with Gasteiger partial charge in [0.05, 0.1) is 5.69 Å². The topological polar surface area (TPSA) is 89.2 Å². The Bertz CT molecular complexity index is 732. The van der Waals surface area contributed by atoms with Gasteiger partial charge in [0.2, 0.25) is 0 Å².